The lowest BCUT2D eigenvalue weighted by molar-refractivity contribution is -0.174. The van der Waals surface area contributed by atoms with Gasteiger partial charge >= 0.3 is 12.1 Å². The topological polar surface area (TPSA) is 78.7 Å². The Morgan fingerprint density at radius 3 is 2.67 bits per heavy atom. The number of alkyl halides is 3. The van der Waals surface area contributed by atoms with Crippen LogP contribution in [0.5, 0.6) is 0 Å². The summed E-state index contributed by atoms with van der Waals surface area (Å²) in [6, 6.07) is 15.3. The molecule has 39 heavy (non-hydrogen) atoms. The highest BCUT2D eigenvalue weighted by Crippen LogP contribution is 2.36. The summed E-state index contributed by atoms with van der Waals surface area (Å²) in [6.07, 6.45) is -0.989. The number of hydrogen-bond acceptors (Lipinski definition) is 6. The molecule has 2 aliphatic heterocycles. The summed E-state index contributed by atoms with van der Waals surface area (Å²) in [5, 5.41) is 6.92. The Morgan fingerprint density at radius 1 is 1.00 bits per heavy atom. The number of aromatic nitrogens is 4. The lowest BCUT2D eigenvalue weighted by Gasteiger charge is -2.26. The van der Waals surface area contributed by atoms with Crippen LogP contribution >= 0.6 is 0 Å². The maximum atomic E-state index is 13.9. The zero-order valence-corrected chi connectivity index (χ0v) is 20.8. The summed E-state index contributed by atoms with van der Waals surface area (Å²) < 4.78 is 53.6. The smallest absolute Gasteiger partial charge is 0.354 e. The van der Waals surface area contributed by atoms with Crippen LogP contribution in [0.2, 0.25) is 0 Å². The minimum Gasteiger partial charge on any atom is -0.354 e. The van der Waals surface area contributed by atoms with E-state index in [0.717, 1.165) is 30.8 Å². The van der Waals surface area contributed by atoms with Gasteiger partial charge in [-0.25, -0.2) is 18.9 Å². The number of nitrogens with zero attached hydrogens (tertiary/aromatic N) is 6. The van der Waals surface area contributed by atoms with E-state index in [4.69, 9.17) is 10.1 Å². The molecule has 0 radical (unpaired) electrons. The Labute approximate surface area is 221 Å². The highest BCUT2D eigenvalue weighted by Gasteiger charge is 2.40. The third-order valence-electron chi connectivity index (χ3n) is 7.23. The quantitative estimate of drug-likeness (QED) is 0.376. The van der Waals surface area contributed by atoms with Gasteiger partial charge in [0.2, 0.25) is 0 Å². The minimum atomic E-state index is -4.91. The molecule has 0 spiro atoms. The molecule has 0 aliphatic carbocycles. The molecule has 1 N–H and O–H groups in total. The number of imidazole rings is 1. The van der Waals surface area contributed by atoms with Crippen molar-refractivity contribution in [3.63, 3.8) is 0 Å². The van der Waals surface area contributed by atoms with E-state index in [1.807, 2.05) is 35.2 Å². The largest absolute Gasteiger partial charge is 0.471 e. The molecule has 1 amide bonds. The van der Waals surface area contributed by atoms with Gasteiger partial charge < -0.3 is 15.1 Å². The van der Waals surface area contributed by atoms with Gasteiger partial charge in [0.25, 0.3) is 0 Å². The lowest BCUT2D eigenvalue weighted by atomic mass is 10.0. The number of rotatable bonds is 5. The molecule has 0 unspecified atom stereocenters. The Balaban J connectivity index is 1.25. The fourth-order valence-electron chi connectivity index (χ4n) is 5.39. The fraction of sp³-hybridized carbons (Fsp3) is 0.333. The summed E-state index contributed by atoms with van der Waals surface area (Å²) in [5.41, 5.74) is 2.82. The van der Waals surface area contributed by atoms with Gasteiger partial charge in [0, 0.05) is 25.7 Å². The number of halogens is 4. The number of amides is 1. The highest BCUT2D eigenvalue weighted by molar-refractivity contribution is 5.82. The normalized spacial score (nSPS) is 19.7. The van der Waals surface area contributed by atoms with Crippen LogP contribution in [0.4, 0.5) is 29.2 Å². The molecule has 5 heterocycles. The van der Waals surface area contributed by atoms with Crippen LogP contribution in [0.1, 0.15) is 30.9 Å². The number of nitrogens with one attached hydrogen (secondary N) is 1. The SMILES string of the molecule is O=C(N[C@H]1CCN(c2cccc(-c3cnc4ccc(N5CCC[C@H]5c5cccc(F)c5)nn34)n2)C1)C(F)(F)F. The molecule has 2 atom stereocenters. The molecule has 202 valence electrons. The fourth-order valence-corrected chi connectivity index (χ4v) is 5.39. The van der Waals surface area contributed by atoms with Gasteiger partial charge in [0.15, 0.2) is 5.65 Å². The van der Waals surface area contributed by atoms with Crippen molar-refractivity contribution in [3.05, 3.63) is 72.2 Å². The molecule has 4 aromatic rings. The molecular formula is C27H25F4N7O. The van der Waals surface area contributed by atoms with Crippen LogP contribution in [-0.2, 0) is 4.79 Å². The van der Waals surface area contributed by atoms with Gasteiger partial charge in [-0.05, 0) is 61.2 Å². The number of fused-ring (bicyclic) bond motifs is 1. The first-order valence-electron chi connectivity index (χ1n) is 12.7. The van der Waals surface area contributed by atoms with Gasteiger partial charge in [0.1, 0.15) is 23.1 Å². The van der Waals surface area contributed by atoms with E-state index in [1.165, 1.54) is 6.07 Å². The van der Waals surface area contributed by atoms with Crippen molar-refractivity contribution < 1.29 is 22.4 Å². The maximum absolute atomic E-state index is 13.9. The Kier molecular flexibility index (Phi) is 6.32. The summed E-state index contributed by atoms with van der Waals surface area (Å²) in [4.78, 5) is 24.6. The molecule has 0 bridgehead atoms. The molecule has 2 aliphatic rings. The molecule has 1 aromatic carbocycles. The Bertz CT molecular complexity index is 1520. The van der Waals surface area contributed by atoms with E-state index in [0.29, 0.717) is 35.8 Å². The van der Waals surface area contributed by atoms with Crippen molar-refractivity contribution in [1.82, 2.24) is 24.9 Å². The Morgan fingerprint density at radius 2 is 1.85 bits per heavy atom. The third-order valence-corrected chi connectivity index (χ3v) is 7.23. The average Bonchev–Trinajstić information content (AvgIpc) is 3.67. The maximum Gasteiger partial charge on any atom is 0.471 e. The van der Waals surface area contributed by atoms with Gasteiger partial charge in [-0.3, -0.25) is 4.79 Å². The van der Waals surface area contributed by atoms with E-state index in [-0.39, 0.29) is 18.4 Å². The first-order valence-corrected chi connectivity index (χ1v) is 12.7. The number of anilines is 2. The Hall–Kier alpha value is -4.22. The van der Waals surface area contributed by atoms with Crippen molar-refractivity contribution in [2.24, 2.45) is 0 Å². The van der Waals surface area contributed by atoms with Crippen molar-refractivity contribution in [1.29, 1.82) is 0 Å². The highest BCUT2D eigenvalue weighted by atomic mass is 19.4. The molecule has 8 nitrogen and oxygen atoms in total. The average molecular weight is 540 g/mol. The molecule has 3 aromatic heterocycles. The van der Waals surface area contributed by atoms with Crippen LogP contribution in [0.25, 0.3) is 17.0 Å². The third kappa shape index (κ3) is 4.98. The lowest BCUT2D eigenvalue weighted by Crippen LogP contribution is -2.44. The number of carbonyl (C=O) groups excluding carboxylic acids is 1. The van der Waals surface area contributed by atoms with Gasteiger partial charge in [-0.15, -0.1) is 5.10 Å². The first kappa shape index (κ1) is 25.1. The second-order valence-electron chi connectivity index (χ2n) is 9.80. The van der Waals surface area contributed by atoms with Crippen LogP contribution in [0.15, 0.2) is 60.8 Å². The number of hydrogen-bond donors (Lipinski definition) is 1. The molecule has 6 rings (SSSR count). The van der Waals surface area contributed by atoms with E-state index >= 15 is 0 Å². The summed E-state index contributed by atoms with van der Waals surface area (Å²) >= 11 is 0. The minimum absolute atomic E-state index is 0.0139. The van der Waals surface area contributed by atoms with Crippen LogP contribution in [0.3, 0.4) is 0 Å². The van der Waals surface area contributed by atoms with Crippen molar-refractivity contribution in [2.75, 3.05) is 29.4 Å². The molecular weight excluding hydrogens is 514 g/mol. The monoisotopic (exact) mass is 539 g/mol. The van der Waals surface area contributed by atoms with Gasteiger partial charge in [-0.2, -0.15) is 13.2 Å². The molecule has 0 saturated carbocycles. The zero-order chi connectivity index (χ0) is 27.1. The summed E-state index contributed by atoms with van der Waals surface area (Å²) in [5.74, 6) is -0.862. The van der Waals surface area contributed by atoms with Gasteiger partial charge in [-0.1, -0.05) is 18.2 Å². The number of carbonyl (C=O) groups is 1. The second-order valence-corrected chi connectivity index (χ2v) is 9.80. The number of pyridine rings is 1. The van der Waals surface area contributed by atoms with Crippen molar-refractivity contribution in [3.8, 4) is 11.4 Å². The van der Waals surface area contributed by atoms with Crippen LogP contribution in [0, 0.1) is 5.82 Å². The van der Waals surface area contributed by atoms with E-state index in [2.05, 4.69) is 15.2 Å². The standard InChI is InChI=1S/C27H25F4N7O/c28-18-5-1-4-17(14-18)21-7-3-12-37(21)25-10-9-23-32-15-22(38(23)35-25)20-6-2-8-24(34-20)36-13-11-19(16-36)33-26(39)27(29,30)31/h1-2,4-6,8-10,14-15,19,21H,3,7,11-13,16H2,(H,33,39)/t19-,21-/m0/s1. The van der Waals surface area contributed by atoms with E-state index in [1.54, 1.807) is 28.9 Å². The molecule has 12 heteroatoms. The zero-order valence-electron chi connectivity index (χ0n) is 20.8. The molecule has 2 fully saturated rings. The second kappa shape index (κ2) is 9.83. The predicted octanol–water partition coefficient (Wildman–Crippen LogP) is 4.53. The van der Waals surface area contributed by atoms with Crippen LogP contribution < -0.4 is 15.1 Å². The predicted molar refractivity (Wildman–Crippen MR) is 137 cm³/mol. The summed E-state index contributed by atoms with van der Waals surface area (Å²) in [7, 11) is 0. The van der Waals surface area contributed by atoms with Crippen molar-refractivity contribution in [2.45, 2.75) is 37.5 Å². The van der Waals surface area contributed by atoms with E-state index < -0.39 is 18.1 Å². The van der Waals surface area contributed by atoms with Crippen molar-refractivity contribution >= 4 is 23.2 Å². The van der Waals surface area contributed by atoms with Gasteiger partial charge in [0.05, 0.1) is 17.9 Å². The summed E-state index contributed by atoms with van der Waals surface area (Å²) in [6.45, 7) is 1.48. The molecule has 2 saturated heterocycles. The van der Waals surface area contributed by atoms with Crippen LogP contribution in [-0.4, -0.2) is 57.3 Å². The number of benzene rings is 1. The first-order chi connectivity index (χ1) is 18.8. The van der Waals surface area contributed by atoms with E-state index in [9.17, 15) is 22.4 Å².